The second-order valence-corrected chi connectivity index (χ2v) is 13.1. The molecular formula is C36H52N6O6. The molecule has 0 bridgehead atoms. The molecule has 2 fully saturated rings. The van der Waals surface area contributed by atoms with Crippen LogP contribution >= 0.6 is 0 Å². The average Bonchev–Trinajstić information content (AvgIpc) is 3.05. The van der Waals surface area contributed by atoms with Gasteiger partial charge in [-0.1, -0.05) is 30.3 Å². The number of carbonyl (C=O) groups excluding carboxylic acids is 4. The van der Waals surface area contributed by atoms with E-state index < -0.39 is 18.2 Å². The third-order valence-corrected chi connectivity index (χ3v) is 9.25. The second-order valence-electron chi connectivity index (χ2n) is 13.1. The van der Waals surface area contributed by atoms with Crippen LogP contribution in [0, 0.1) is 11.8 Å². The zero-order valence-electron chi connectivity index (χ0n) is 28.2. The van der Waals surface area contributed by atoms with Gasteiger partial charge in [0.15, 0.2) is 0 Å². The SMILES string of the molecule is COc1cccc(CN2CC[C@H]3CC(=O)N[C@@H](C)[C@@H](O)CC(=O)N[C@@H](CCCCNC(=O)Nc4ccccc4)CC(=O)NCC[C@H]3C2)c1. The Labute approximate surface area is 283 Å². The van der Waals surface area contributed by atoms with E-state index in [9.17, 15) is 24.3 Å². The summed E-state index contributed by atoms with van der Waals surface area (Å²) in [7, 11) is 1.66. The first-order valence-electron chi connectivity index (χ1n) is 17.2. The number of piperidine rings is 1. The predicted molar refractivity (Wildman–Crippen MR) is 184 cm³/mol. The summed E-state index contributed by atoms with van der Waals surface area (Å²) in [5.74, 6) is 0.488. The quantitative estimate of drug-likeness (QED) is 0.225. The van der Waals surface area contributed by atoms with Crippen molar-refractivity contribution in [3.63, 3.8) is 0 Å². The number of methoxy groups -OCH3 is 1. The number of nitrogens with zero attached hydrogens (tertiary/aromatic N) is 1. The number of rotatable bonds is 9. The zero-order chi connectivity index (χ0) is 34.3. The summed E-state index contributed by atoms with van der Waals surface area (Å²) in [5.41, 5.74) is 1.87. The lowest BCUT2D eigenvalue weighted by Gasteiger charge is -2.39. The van der Waals surface area contributed by atoms with E-state index in [0.717, 1.165) is 43.8 Å². The molecule has 2 aliphatic heterocycles. The van der Waals surface area contributed by atoms with Crippen molar-refractivity contribution in [2.45, 2.75) is 83.0 Å². The van der Waals surface area contributed by atoms with Crippen LogP contribution in [-0.4, -0.2) is 85.2 Å². The van der Waals surface area contributed by atoms with Gasteiger partial charge in [-0.25, -0.2) is 4.79 Å². The van der Waals surface area contributed by atoms with Gasteiger partial charge >= 0.3 is 6.03 Å². The number of benzene rings is 2. The molecular weight excluding hydrogens is 612 g/mol. The summed E-state index contributed by atoms with van der Waals surface area (Å²) in [6.45, 7) is 5.06. The number of aliphatic hydroxyl groups excluding tert-OH is 1. The van der Waals surface area contributed by atoms with E-state index in [0.29, 0.717) is 44.5 Å². The second kappa shape index (κ2) is 19.0. The topological polar surface area (TPSA) is 161 Å². The van der Waals surface area contributed by atoms with Gasteiger partial charge in [-0.3, -0.25) is 19.3 Å². The number of hydrogen-bond donors (Lipinski definition) is 6. The van der Waals surface area contributed by atoms with Gasteiger partial charge in [0.1, 0.15) is 5.75 Å². The first-order chi connectivity index (χ1) is 23.2. The van der Waals surface area contributed by atoms with Crippen LogP contribution in [0.5, 0.6) is 5.75 Å². The number of anilines is 1. The lowest BCUT2D eigenvalue weighted by atomic mass is 9.80. The Morgan fingerprint density at radius 3 is 2.52 bits per heavy atom. The van der Waals surface area contributed by atoms with Crippen molar-refractivity contribution in [3.8, 4) is 5.75 Å². The van der Waals surface area contributed by atoms with E-state index in [1.165, 1.54) is 0 Å². The number of amides is 5. The molecule has 4 rings (SSSR count). The van der Waals surface area contributed by atoms with Crippen molar-refractivity contribution < 1.29 is 29.0 Å². The van der Waals surface area contributed by atoms with Crippen LogP contribution < -0.4 is 31.3 Å². The summed E-state index contributed by atoms with van der Waals surface area (Å²) >= 11 is 0. The van der Waals surface area contributed by atoms with Crippen molar-refractivity contribution in [2.75, 3.05) is 38.6 Å². The highest BCUT2D eigenvalue weighted by Gasteiger charge is 2.32. The standard InChI is InChI=1S/C36H52N6O6/c1-25-32(43)22-35(46)40-30(12-6-7-16-38-36(47)41-29-10-4-3-5-11-29)21-33(44)37-17-14-28-24-42(18-15-27(28)20-34(45)39-25)23-26-9-8-13-31(19-26)48-2/h3-5,8-11,13,19,25,27-28,30,32,43H,6-7,12,14-18,20-24H2,1-2H3,(H,37,44)(H,39,45)(H,40,46)(H2,38,41,47)/t25-,27-,28-,30-,32-/m0/s1. The molecule has 0 aliphatic carbocycles. The molecule has 6 N–H and O–H groups in total. The minimum atomic E-state index is -1.07. The van der Waals surface area contributed by atoms with Crippen molar-refractivity contribution in [3.05, 3.63) is 60.2 Å². The molecule has 0 aromatic heterocycles. The highest BCUT2D eigenvalue weighted by atomic mass is 16.5. The maximum absolute atomic E-state index is 13.1. The normalized spacial score (nSPS) is 24.7. The molecule has 262 valence electrons. The summed E-state index contributed by atoms with van der Waals surface area (Å²) < 4.78 is 5.39. The Morgan fingerprint density at radius 1 is 0.938 bits per heavy atom. The molecule has 0 saturated carbocycles. The molecule has 2 saturated heterocycles. The number of ether oxygens (including phenoxy) is 1. The van der Waals surface area contributed by atoms with E-state index >= 15 is 0 Å². The number of carbonyl (C=O) groups is 4. The van der Waals surface area contributed by atoms with Gasteiger partial charge in [-0.05, 0) is 87.2 Å². The third kappa shape index (κ3) is 12.5. The van der Waals surface area contributed by atoms with Crippen LogP contribution in [0.4, 0.5) is 10.5 Å². The summed E-state index contributed by atoms with van der Waals surface area (Å²) in [6.07, 6.45) is 2.64. The van der Waals surface area contributed by atoms with Crippen LogP contribution in [-0.2, 0) is 20.9 Å². The summed E-state index contributed by atoms with van der Waals surface area (Å²) in [5, 5.41) is 25.2. The van der Waals surface area contributed by atoms with E-state index in [-0.39, 0.29) is 48.4 Å². The maximum Gasteiger partial charge on any atom is 0.319 e. The third-order valence-electron chi connectivity index (χ3n) is 9.25. The Hall–Kier alpha value is -4.16. The fourth-order valence-corrected chi connectivity index (χ4v) is 6.56. The number of aliphatic hydroxyl groups is 1. The minimum Gasteiger partial charge on any atom is -0.497 e. The van der Waals surface area contributed by atoms with Gasteiger partial charge in [-0.2, -0.15) is 0 Å². The molecule has 2 aromatic rings. The largest absolute Gasteiger partial charge is 0.497 e. The van der Waals surface area contributed by atoms with Crippen molar-refractivity contribution in [2.24, 2.45) is 11.8 Å². The molecule has 12 heteroatoms. The number of hydrogen-bond acceptors (Lipinski definition) is 7. The van der Waals surface area contributed by atoms with E-state index in [2.05, 4.69) is 37.6 Å². The molecule has 5 atom stereocenters. The molecule has 12 nitrogen and oxygen atoms in total. The first-order valence-corrected chi connectivity index (χ1v) is 17.2. The number of nitrogens with one attached hydrogen (secondary N) is 5. The average molecular weight is 665 g/mol. The van der Waals surface area contributed by atoms with Crippen LogP contribution in [0.25, 0.3) is 0 Å². The van der Waals surface area contributed by atoms with Crippen LogP contribution in [0.1, 0.15) is 63.9 Å². The number of likely N-dealkylation sites (tertiary alicyclic amines) is 1. The Morgan fingerprint density at radius 2 is 1.73 bits per heavy atom. The minimum absolute atomic E-state index is 0.117. The molecule has 48 heavy (non-hydrogen) atoms. The number of unbranched alkanes of at least 4 members (excludes halogenated alkanes) is 1. The predicted octanol–water partition coefficient (Wildman–Crippen LogP) is 3.17. The number of para-hydroxylation sites is 1. The Kier molecular flexibility index (Phi) is 14.5. The monoisotopic (exact) mass is 664 g/mol. The van der Waals surface area contributed by atoms with Crippen LogP contribution in [0.2, 0.25) is 0 Å². The van der Waals surface area contributed by atoms with Gasteiger partial charge in [0.05, 0.1) is 25.7 Å². The first kappa shape index (κ1) is 36.7. The molecule has 0 radical (unpaired) electrons. The van der Waals surface area contributed by atoms with E-state index in [1.54, 1.807) is 14.0 Å². The number of fused-ring (bicyclic) bond motifs is 1. The van der Waals surface area contributed by atoms with Crippen LogP contribution in [0.3, 0.4) is 0 Å². The molecule has 0 unspecified atom stereocenters. The van der Waals surface area contributed by atoms with Crippen LogP contribution in [0.15, 0.2) is 54.6 Å². The Balaban J connectivity index is 1.32. The highest BCUT2D eigenvalue weighted by Crippen LogP contribution is 2.30. The molecule has 0 spiro atoms. The van der Waals surface area contributed by atoms with E-state index in [1.807, 2.05) is 48.5 Å². The molecule has 5 amide bonds. The van der Waals surface area contributed by atoms with E-state index in [4.69, 9.17) is 4.74 Å². The van der Waals surface area contributed by atoms with Gasteiger partial charge < -0.3 is 36.4 Å². The van der Waals surface area contributed by atoms with Crippen molar-refractivity contribution >= 4 is 29.4 Å². The zero-order valence-corrected chi connectivity index (χ0v) is 28.2. The Bertz CT molecular complexity index is 1340. The van der Waals surface area contributed by atoms with Gasteiger partial charge in [-0.15, -0.1) is 0 Å². The van der Waals surface area contributed by atoms with Crippen molar-refractivity contribution in [1.82, 2.24) is 26.2 Å². The fraction of sp³-hybridized carbons (Fsp3) is 0.556. The molecule has 2 aliphatic rings. The summed E-state index contributed by atoms with van der Waals surface area (Å²) in [4.78, 5) is 53.6. The van der Waals surface area contributed by atoms with Crippen molar-refractivity contribution in [1.29, 1.82) is 0 Å². The lowest BCUT2D eigenvalue weighted by Crippen LogP contribution is -2.48. The van der Waals surface area contributed by atoms with Gasteiger partial charge in [0, 0.05) is 50.7 Å². The van der Waals surface area contributed by atoms with Gasteiger partial charge in [0.25, 0.3) is 0 Å². The lowest BCUT2D eigenvalue weighted by molar-refractivity contribution is -0.128. The molecule has 2 aromatic carbocycles. The fourth-order valence-electron chi connectivity index (χ4n) is 6.56. The summed E-state index contributed by atoms with van der Waals surface area (Å²) in [6, 6.07) is 15.9. The highest BCUT2D eigenvalue weighted by molar-refractivity contribution is 5.89. The molecule has 2 heterocycles. The van der Waals surface area contributed by atoms with Gasteiger partial charge in [0.2, 0.25) is 17.7 Å². The number of urea groups is 1. The maximum atomic E-state index is 13.1. The smallest absolute Gasteiger partial charge is 0.319 e.